The Balaban J connectivity index is 2.27. The summed E-state index contributed by atoms with van der Waals surface area (Å²) in [5.41, 5.74) is 1.91. The monoisotopic (exact) mass is 294 g/mol. The van der Waals surface area contributed by atoms with Crippen LogP contribution < -0.4 is 0 Å². The molecular formula is C16H16Cl2O. The lowest BCUT2D eigenvalue weighted by Crippen LogP contribution is -2.24. The van der Waals surface area contributed by atoms with Crippen LogP contribution >= 0.6 is 23.2 Å². The molecule has 2 aromatic rings. The first-order valence-electron chi connectivity index (χ1n) is 6.12. The lowest BCUT2D eigenvalue weighted by molar-refractivity contribution is 0.0576. The third-order valence-corrected chi connectivity index (χ3v) is 3.81. The molecule has 100 valence electrons. The Kier molecular flexibility index (Phi) is 4.19. The van der Waals surface area contributed by atoms with Crippen molar-refractivity contribution in [2.45, 2.75) is 25.9 Å². The molecule has 0 saturated heterocycles. The summed E-state index contributed by atoms with van der Waals surface area (Å²) in [4.78, 5) is 0. The van der Waals surface area contributed by atoms with E-state index in [4.69, 9.17) is 23.2 Å². The molecule has 2 rings (SSSR count). The van der Waals surface area contributed by atoms with Crippen LogP contribution in [0.2, 0.25) is 10.0 Å². The zero-order chi connectivity index (χ0) is 14.0. The summed E-state index contributed by atoms with van der Waals surface area (Å²) in [6, 6.07) is 13.1. The van der Waals surface area contributed by atoms with Crippen LogP contribution in [-0.4, -0.2) is 5.11 Å². The van der Waals surface area contributed by atoms with Gasteiger partial charge in [-0.2, -0.15) is 0 Å². The van der Waals surface area contributed by atoms with Crippen LogP contribution in [0.1, 0.15) is 23.6 Å². The fourth-order valence-corrected chi connectivity index (χ4v) is 2.51. The topological polar surface area (TPSA) is 20.2 Å². The molecule has 0 amide bonds. The average molecular weight is 295 g/mol. The first-order valence-corrected chi connectivity index (χ1v) is 6.87. The third-order valence-electron chi connectivity index (χ3n) is 3.21. The Morgan fingerprint density at radius 2 is 1.68 bits per heavy atom. The van der Waals surface area contributed by atoms with E-state index in [0.717, 1.165) is 16.7 Å². The minimum Gasteiger partial charge on any atom is -0.385 e. The molecule has 0 radical (unpaired) electrons. The Labute approximate surface area is 123 Å². The van der Waals surface area contributed by atoms with Crippen molar-refractivity contribution in [3.8, 4) is 0 Å². The van der Waals surface area contributed by atoms with Gasteiger partial charge in [0.25, 0.3) is 0 Å². The smallest absolute Gasteiger partial charge is 0.0909 e. The van der Waals surface area contributed by atoms with Crippen LogP contribution in [0, 0.1) is 6.92 Å². The normalized spacial score (nSPS) is 14.2. The second-order valence-corrected chi connectivity index (χ2v) is 5.90. The summed E-state index contributed by atoms with van der Waals surface area (Å²) < 4.78 is 0. The fourth-order valence-electron chi connectivity index (χ4n) is 2.08. The van der Waals surface area contributed by atoms with Crippen molar-refractivity contribution in [2.75, 3.05) is 0 Å². The van der Waals surface area contributed by atoms with E-state index in [0.29, 0.717) is 16.5 Å². The summed E-state index contributed by atoms with van der Waals surface area (Å²) >= 11 is 12.1. The summed E-state index contributed by atoms with van der Waals surface area (Å²) in [6.07, 6.45) is 0.466. The maximum atomic E-state index is 10.6. The van der Waals surface area contributed by atoms with E-state index in [9.17, 15) is 5.11 Å². The van der Waals surface area contributed by atoms with Crippen molar-refractivity contribution in [3.63, 3.8) is 0 Å². The largest absolute Gasteiger partial charge is 0.385 e. The highest BCUT2D eigenvalue weighted by atomic mass is 35.5. The number of aliphatic hydroxyl groups is 1. The Morgan fingerprint density at radius 1 is 1.05 bits per heavy atom. The quantitative estimate of drug-likeness (QED) is 0.866. The number of aryl methyl sites for hydroxylation is 1. The van der Waals surface area contributed by atoms with Gasteiger partial charge >= 0.3 is 0 Å². The molecule has 1 N–H and O–H groups in total. The van der Waals surface area contributed by atoms with Crippen LogP contribution in [0.3, 0.4) is 0 Å². The van der Waals surface area contributed by atoms with E-state index >= 15 is 0 Å². The van der Waals surface area contributed by atoms with Crippen LogP contribution in [0.4, 0.5) is 0 Å². The van der Waals surface area contributed by atoms with E-state index in [1.165, 1.54) is 0 Å². The fraction of sp³-hybridized carbons (Fsp3) is 0.250. The molecule has 0 saturated carbocycles. The van der Waals surface area contributed by atoms with E-state index in [2.05, 4.69) is 0 Å². The average Bonchev–Trinajstić information content (AvgIpc) is 2.33. The minimum atomic E-state index is -0.969. The maximum Gasteiger partial charge on any atom is 0.0909 e. The van der Waals surface area contributed by atoms with E-state index in [1.54, 1.807) is 19.1 Å². The Morgan fingerprint density at radius 3 is 2.26 bits per heavy atom. The molecule has 1 unspecified atom stereocenters. The molecule has 19 heavy (non-hydrogen) atoms. The molecule has 0 aromatic heterocycles. The molecule has 0 bridgehead atoms. The molecule has 2 aromatic carbocycles. The summed E-state index contributed by atoms with van der Waals surface area (Å²) in [6.45, 7) is 3.78. The van der Waals surface area contributed by atoms with E-state index in [-0.39, 0.29) is 0 Å². The number of benzene rings is 2. The first-order chi connectivity index (χ1) is 8.88. The zero-order valence-corrected chi connectivity index (χ0v) is 12.5. The third kappa shape index (κ3) is 3.50. The van der Waals surface area contributed by atoms with E-state index in [1.807, 2.05) is 37.3 Å². The molecule has 0 aliphatic rings. The number of halogens is 2. The van der Waals surface area contributed by atoms with Crippen LogP contribution in [0.5, 0.6) is 0 Å². The van der Waals surface area contributed by atoms with Crippen molar-refractivity contribution >= 4 is 23.2 Å². The van der Waals surface area contributed by atoms with Crippen molar-refractivity contribution in [1.82, 2.24) is 0 Å². The molecule has 1 nitrogen and oxygen atoms in total. The lowest BCUT2D eigenvalue weighted by atomic mass is 9.89. The van der Waals surface area contributed by atoms with Crippen LogP contribution in [0.15, 0.2) is 42.5 Å². The van der Waals surface area contributed by atoms with E-state index < -0.39 is 5.60 Å². The van der Waals surface area contributed by atoms with Gasteiger partial charge in [0.2, 0.25) is 0 Å². The summed E-state index contributed by atoms with van der Waals surface area (Å²) in [7, 11) is 0. The van der Waals surface area contributed by atoms with Crippen molar-refractivity contribution in [1.29, 1.82) is 0 Å². The van der Waals surface area contributed by atoms with Gasteiger partial charge in [-0.15, -0.1) is 0 Å². The highest BCUT2D eigenvalue weighted by molar-refractivity contribution is 6.31. The predicted molar refractivity (Wildman–Crippen MR) is 80.9 cm³/mol. The summed E-state index contributed by atoms with van der Waals surface area (Å²) in [5.74, 6) is 0. The SMILES string of the molecule is Cc1ccc(CC(C)(O)c2ccc(Cl)cc2)c(Cl)c1. The van der Waals surface area contributed by atoms with Gasteiger partial charge in [0.15, 0.2) is 0 Å². The minimum absolute atomic E-state index is 0.466. The summed E-state index contributed by atoms with van der Waals surface area (Å²) in [5, 5.41) is 12.0. The van der Waals surface area contributed by atoms with Gasteiger partial charge in [0.1, 0.15) is 0 Å². The van der Waals surface area contributed by atoms with Crippen molar-refractivity contribution < 1.29 is 5.11 Å². The number of hydrogen-bond acceptors (Lipinski definition) is 1. The molecule has 3 heteroatoms. The molecule has 0 spiro atoms. The maximum absolute atomic E-state index is 10.6. The lowest BCUT2D eigenvalue weighted by Gasteiger charge is -2.24. The predicted octanol–water partition coefficient (Wildman–Crippen LogP) is 4.75. The molecular weight excluding hydrogens is 279 g/mol. The first kappa shape index (κ1) is 14.4. The highest BCUT2D eigenvalue weighted by Gasteiger charge is 2.24. The second-order valence-electron chi connectivity index (χ2n) is 5.05. The molecule has 0 aliphatic heterocycles. The number of hydrogen-bond donors (Lipinski definition) is 1. The van der Waals surface area contributed by atoms with Gasteiger partial charge < -0.3 is 5.11 Å². The van der Waals surface area contributed by atoms with Gasteiger partial charge in [0, 0.05) is 16.5 Å². The van der Waals surface area contributed by atoms with Gasteiger partial charge in [-0.25, -0.2) is 0 Å². The zero-order valence-electron chi connectivity index (χ0n) is 11.0. The van der Waals surface area contributed by atoms with Gasteiger partial charge in [-0.05, 0) is 48.7 Å². The van der Waals surface area contributed by atoms with Crippen LogP contribution in [-0.2, 0) is 12.0 Å². The molecule has 1 atom stereocenters. The Hall–Kier alpha value is -1.02. The molecule has 0 aliphatic carbocycles. The van der Waals surface area contributed by atoms with Crippen LogP contribution in [0.25, 0.3) is 0 Å². The molecule has 0 fully saturated rings. The number of rotatable bonds is 3. The van der Waals surface area contributed by atoms with Gasteiger partial charge in [0.05, 0.1) is 5.60 Å². The second kappa shape index (κ2) is 5.54. The highest BCUT2D eigenvalue weighted by Crippen LogP contribution is 2.29. The van der Waals surface area contributed by atoms with Crippen molar-refractivity contribution in [2.24, 2.45) is 0 Å². The molecule has 0 heterocycles. The van der Waals surface area contributed by atoms with Gasteiger partial charge in [-0.1, -0.05) is 47.5 Å². The Bertz CT molecular complexity index is 574. The standard InChI is InChI=1S/C16H16Cl2O/c1-11-3-4-12(15(18)9-11)10-16(2,19)13-5-7-14(17)8-6-13/h3-9,19H,10H2,1-2H3. The van der Waals surface area contributed by atoms with Gasteiger partial charge in [-0.3, -0.25) is 0 Å². The van der Waals surface area contributed by atoms with Crippen molar-refractivity contribution in [3.05, 3.63) is 69.2 Å².